The summed E-state index contributed by atoms with van der Waals surface area (Å²) in [7, 11) is -0.521. The van der Waals surface area contributed by atoms with Gasteiger partial charge in [0, 0.05) is 6.16 Å². The molecule has 25 heavy (non-hydrogen) atoms. The number of carbonyl (C=O) groups excluding carboxylic acids is 1. The van der Waals surface area contributed by atoms with Crippen LogP contribution in [0.3, 0.4) is 0 Å². The van der Waals surface area contributed by atoms with Gasteiger partial charge in [-0.25, -0.2) is 0 Å². The molecule has 0 aromatic heterocycles. The van der Waals surface area contributed by atoms with Crippen LogP contribution < -0.4 is 10.6 Å². The summed E-state index contributed by atoms with van der Waals surface area (Å²) < 4.78 is 5.61. The van der Waals surface area contributed by atoms with Crippen molar-refractivity contribution >= 4 is 24.5 Å². The normalized spacial score (nSPS) is 16.5. The first-order chi connectivity index (χ1) is 12.1. The van der Waals surface area contributed by atoms with Crippen LogP contribution in [-0.4, -0.2) is 18.7 Å². The lowest BCUT2D eigenvalue weighted by Crippen LogP contribution is -2.20. The van der Waals surface area contributed by atoms with Gasteiger partial charge in [0.1, 0.15) is 0 Å². The van der Waals surface area contributed by atoms with Gasteiger partial charge in [0.25, 0.3) is 0 Å². The minimum atomic E-state index is -0.521. The van der Waals surface area contributed by atoms with Crippen molar-refractivity contribution < 1.29 is 9.53 Å². The first-order valence-electron chi connectivity index (χ1n) is 8.56. The first kappa shape index (κ1) is 17.6. The summed E-state index contributed by atoms with van der Waals surface area (Å²) >= 11 is 0. The Kier molecular flexibility index (Phi) is 5.83. The lowest BCUT2D eigenvalue weighted by Gasteiger charge is -2.19. The minimum absolute atomic E-state index is 0.137. The van der Waals surface area contributed by atoms with Gasteiger partial charge < -0.3 is 4.74 Å². The highest BCUT2D eigenvalue weighted by Gasteiger charge is 2.23. The van der Waals surface area contributed by atoms with E-state index in [4.69, 9.17) is 4.74 Å². The third-order valence-electron chi connectivity index (χ3n) is 4.32. The van der Waals surface area contributed by atoms with Gasteiger partial charge in [-0.1, -0.05) is 84.0 Å². The second-order valence-electron chi connectivity index (χ2n) is 6.27. The molecule has 2 nitrogen and oxygen atoms in total. The average Bonchev–Trinajstić information content (AvgIpc) is 2.98. The third kappa shape index (κ3) is 4.46. The van der Waals surface area contributed by atoms with Crippen LogP contribution in [0.5, 0.6) is 0 Å². The van der Waals surface area contributed by atoms with Crippen LogP contribution in [0.15, 0.2) is 84.0 Å². The summed E-state index contributed by atoms with van der Waals surface area (Å²) in [6.07, 6.45) is 4.87. The summed E-state index contributed by atoms with van der Waals surface area (Å²) in [5.74, 6) is -0.346. The lowest BCUT2D eigenvalue weighted by atomic mass is 10.1. The number of esters is 1. The zero-order valence-electron chi connectivity index (χ0n) is 14.7. The molecule has 0 fully saturated rings. The number of ether oxygens (including phenoxy) is 1. The fourth-order valence-electron chi connectivity index (χ4n) is 3.10. The Morgan fingerprint density at radius 1 is 0.960 bits per heavy atom. The molecule has 2 aromatic rings. The molecule has 128 valence electrons. The van der Waals surface area contributed by atoms with Gasteiger partial charge in [-0.15, -0.1) is 0 Å². The second kappa shape index (κ2) is 8.27. The molecule has 1 aliphatic rings. The van der Waals surface area contributed by atoms with Crippen molar-refractivity contribution in [1.29, 1.82) is 0 Å². The highest BCUT2D eigenvalue weighted by molar-refractivity contribution is 7.73. The van der Waals surface area contributed by atoms with Gasteiger partial charge in [0.05, 0.1) is 12.5 Å². The van der Waals surface area contributed by atoms with E-state index in [0.717, 1.165) is 17.3 Å². The SMILES string of the molecule is CC1=C[C@H](C(=O)OCCP(c2ccccc2)c2ccccc2)C(C)=C1. The molecular weight excluding hydrogens is 327 g/mol. The summed E-state index contributed by atoms with van der Waals surface area (Å²) in [6, 6.07) is 21.0. The summed E-state index contributed by atoms with van der Waals surface area (Å²) in [5.41, 5.74) is 2.20. The maximum Gasteiger partial charge on any atom is 0.316 e. The van der Waals surface area contributed by atoms with Crippen molar-refractivity contribution in [2.24, 2.45) is 5.92 Å². The Labute approximate surface area is 151 Å². The number of benzene rings is 2. The van der Waals surface area contributed by atoms with Crippen LogP contribution in [0.4, 0.5) is 0 Å². The summed E-state index contributed by atoms with van der Waals surface area (Å²) in [4.78, 5) is 12.4. The fourth-order valence-corrected chi connectivity index (χ4v) is 5.25. The molecule has 0 spiro atoms. The maximum absolute atomic E-state index is 12.4. The molecule has 0 amide bonds. The molecule has 3 rings (SSSR count). The standard InChI is InChI=1S/C22H23O2P/c1-17-15-18(2)21(16-17)22(23)24-13-14-25(19-9-5-3-6-10-19)20-11-7-4-8-12-20/h3-12,15-16,21H,13-14H2,1-2H3/t21-/m0/s1. The van der Waals surface area contributed by atoms with Crippen molar-refractivity contribution in [3.63, 3.8) is 0 Å². The fraction of sp³-hybridized carbons (Fsp3) is 0.227. The van der Waals surface area contributed by atoms with Crippen LogP contribution in [0.25, 0.3) is 0 Å². The zero-order valence-corrected chi connectivity index (χ0v) is 15.6. The van der Waals surface area contributed by atoms with E-state index in [2.05, 4.69) is 48.5 Å². The average molecular weight is 350 g/mol. The molecule has 0 aliphatic heterocycles. The van der Waals surface area contributed by atoms with Crippen LogP contribution >= 0.6 is 7.92 Å². The third-order valence-corrected chi connectivity index (χ3v) is 6.80. The van der Waals surface area contributed by atoms with E-state index in [1.54, 1.807) is 0 Å². The van der Waals surface area contributed by atoms with Gasteiger partial charge in [0.15, 0.2) is 0 Å². The van der Waals surface area contributed by atoms with E-state index in [-0.39, 0.29) is 11.9 Å². The van der Waals surface area contributed by atoms with Crippen molar-refractivity contribution in [1.82, 2.24) is 0 Å². The van der Waals surface area contributed by atoms with Gasteiger partial charge in [-0.2, -0.15) is 0 Å². The Bertz CT molecular complexity index is 739. The Morgan fingerprint density at radius 2 is 1.52 bits per heavy atom. The monoisotopic (exact) mass is 350 g/mol. The van der Waals surface area contributed by atoms with Crippen LogP contribution in [0, 0.1) is 5.92 Å². The first-order valence-corrected chi connectivity index (χ1v) is 10.1. The van der Waals surface area contributed by atoms with Crippen molar-refractivity contribution in [2.75, 3.05) is 12.8 Å². The van der Waals surface area contributed by atoms with Crippen LogP contribution in [-0.2, 0) is 9.53 Å². The maximum atomic E-state index is 12.4. The van der Waals surface area contributed by atoms with Gasteiger partial charge in [-0.05, 0) is 32.4 Å². The van der Waals surface area contributed by atoms with E-state index in [1.165, 1.54) is 10.6 Å². The number of hydrogen-bond acceptors (Lipinski definition) is 2. The van der Waals surface area contributed by atoms with Gasteiger partial charge >= 0.3 is 5.97 Å². The van der Waals surface area contributed by atoms with Crippen molar-refractivity contribution in [3.05, 3.63) is 84.0 Å². The molecule has 3 heteroatoms. The molecule has 0 bridgehead atoms. The smallest absolute Gasteiger partial charge is 0.316 e. The van der Waals surface area contributed by atoms with Gasteiger partial charge in [0.2, 0.25) is 0 Å². The zero-order chi connectivity index (χ0) is 17.6. The topological polar surface area (TPSA) is 26.3 Å². The molecule has 1 atom stereocenters. The lowest BCUT2D eigenvalue weighted by molar-refractivity contribution is -0.144. The Hall–Kier alpha value is -2.18. The van der Waals surface area contributed by atoms with Crippen LogP contribution in [0.1, 0.15) is 13.8 Å². The minimum Gasteiger partial charge on any atom is -0.465 e. The predicted molar refractivity (Wildman–Crippen MR) is 106 cm³/mol. The van der Waals surface area contributed by atoms with Gasteiger partial charge in [-0.3, -0.25) is 4.79 Å². The Balaban J connectivity index is 1.66. The highest BCUT2D eigenvalue weighted by Crippen LogP contribution is 2.33. The molecule has 2 aromatic carbocycles. The molecular formula is C22H23O2P. The van der Waals surface area contributed by atoms with E-state index in [0.29, 0.717) is 6.61 Å². The molecule has 0 saturated heterocycles. The molecule has 1 aliphatic carbocycles. The second-order valence-corrected chi connectivity index (χ2v) is 8.60. The largest absolute Gasteiger partial charge is 0.465 e. The van der Waals surface area contributed by atoms with E-state index in [1.807, 2.05) is 38.1 Å². The van der Waals surface area contributed by atoms with E-state index in [9.17, 15) is 4.79 Å². The van der Waals surface area contributed by atoms with Crippen LogP contribution in [0.2, 0.25) is 0 Å². The van der Waals surface area contributed by atoms with Crippen molar-refractivity contribution in [2.45, 2.75) is 13.8 Å². The number of allylic oxidation sites excluding steroid dienone is 2. The summed E-state index contributed by atoms with van der Waals surface area (Å²) in [6.45, 7) is 4.45. The quantitative estimate of drug-likeness (QED) is 0.577. The number of hydrogen-bond donors (Lipinski definition) is 0. The molecule has 0 N–H and O–H groups in total. The van der Waals surface area contributed by atoms with E-state index >= 15 is 0 Å². The van der Waals surface area contributed by atoms with E-state index < -0.39 is 7.92 Å². The molecule has 0 unspecified atom stereocenters. The number of carbonyl (C=O) groups is 1. The van der Waals surface area contributed by atoms with Crippen molar-refractivity contribution in [3.8, 4) is 0 Å². The Morgan fingerprint density at radius 3 is 2.00 bits per heavy atom. The number of rotatable bonds is 6. The molecule has 0 radical (unpaired) electrons. The predicted octanol–water partition coefficient (Wildman–Crippen LogP) is 4.18. The highest BCUT2D eigenvalue weighted by atomic mass is 31.1. The molecule has 0 heterocycles. The summed E-state index contributed by atoms with van der Waals surface area (Å²) in [5, 5.41) is 2.62. The molecule has 0 saturated carbocycles.